The standard InChI is InChI=1S/C11H21NO/c1-9-5-4-6-10(7-9)8-11(13)12(2)3/h9-10H,4-8H2,1-3H3. The minimum atomic E-state index is 0.291. The third kappa shape index (κ3) is 3.37. The Morgan fingerprint density at radius 2 is 2.08 bits per heavy atom. The zero-order chi connectivity index (χ0) is 9.84. The van der Waals surface area contributed by atoms with Crippen LogP contribution < -0.4 is 0 Å². The Balaban J connectivity index is 2.31. The van der Waals surface area contributed by atoms with E-state index >= 15 is 0 Å². The summed E-state index contributed by atoms with van der Waals surface area (Å²) in [7, 11) is 3.68. The molecule has 0 aromatic rings. The Morgan fingerprint density at radius 3 is 2.62 bits per heavy atom. The summed E-state index contributed by atoms with van der Waals surface area (Å²) >= 11 is 0. The second-order valence-electron chi connectivity index (χ2n) is 4.63. The van der Waals surface area contributed by atoms with Crippen LogP contribution in [0.3, 0.4) is 0 Å². The third-order valence-corrected chi connectivity index (χ3v) is 3.01. The van der Waals surface area contributed by atoms with Crippen molar-refractivity contribution in [2.24, 2.45) is 11.8 Å². The molecule has 1 amide bonds. The summed E-state index contributed by atoms with van der Waals surface area (Å²) < 4.78 is 0. The molecule has 0 bridgehead atoms. The Bertz CT molecular complexity index is 177. The van der Waals surface area contributed by atoms with Crippen LogP contribution in [-0.2, 0) is 4.79 Å². The van der Waals surface area contributed by atoms with Gasteiger partial charge in [0.25, 0.3) is 0 Å². The van der Waals surface area contributed by atoms with Crippen molar-refractivity contribution in [3.8, 4) is 0 Å². The third-order valence-electron chi connectivity index (χ3n) is 3.01. The van der Waals surface area contributed by atoms with Gasteiger partial charge in [0.05, 0.1) is 0 Å². The highest BCUT2D eigenvalue weighted by Crippen LogP contribution is 2.30. The van der Waals surface area contributed by atoms with Crippen molar-refractivity contribution < 1.29 is 4.79 Å². The maximum atomic E-state index is 11.4. The van der Waals surface area contributed by atoms with Gasteiger partial charge in [0.15, 0.2) is 0 Å². The number of hydrogen-bond acceptors (Lipinski definition) is 1. The molecule has 0 saturated heterocycles. The van der Waals surface area contributed by atoms with Crippen molar-refractivity contribution in [2.45, 2.75) is 39.0 Å². The van der Waals surface area contributed by atoms with Gasteiger partial charge in [-0.3, -0.25) is 4.79 Å². The number of carbonyl (C=O) groups is 1. The molecule has 76 valence electrons. The van der Waals surface area contributed by atoms with E-state index in [2.05, 4.69) is 6.92 Å². The Morgan fingerprint density at radius 1 is 1.38 bits per heavy atom. The van der Waals surface area contributed by atoms with Crippen LogP contribution in [-0.4, -0.2) is 24.9 Å². The van der Waals surface area contributed by atoms with Gasteiger partial charge < -0.3 is 4.90 Å². The van der Waals surface area contributed by atoms with Gasteiger partial charge in [0, 0.05) is 20.5 Å². The highest BCUT2D eigenvalue weighted by molar-refractivity contribution is 5.75. The minimum absolute atomic E-state index is 0.291. The summed E-state index contributed by atoms with van der Waals surface area (Å²) in [6.45, 7) is 2.30. The zero-order valence-corrected chi connectivity index (χ0v) is 9.05. The maximum Gasteiger partial charge on any atom is 0.222 e. The lowest BCUT2D eigenvalue weighted by Crippen LogP contribution is -2.26. The molecule has 0 aromatic heterocycles. The monoisotopic (exact) mass is 183 g/mol. The van der Waals surface area contributed by atoms with Gasteiger partial charge in [0.1, 0.15) is 0 Å². The van der Waals surface area contributed by atoms with Crippen molar-refractivity contribution >= 4 is 5.91 Å². The van der Waals surface area contributed by atoms with Crippen LogP contribution >= 0.6 is 0 Å². The summed E-state index contributed by atoms with van der Waals surface area (Å²) in [4.78, 5) is 13.2. The van der Waals surface area contributed by atoms with E-state index in [1.807, 2.05) is 14.1 Å². The predicted molar refractivity (Wildman–Crippen MR) is 54.4 cm³/mol. The molecule has 0 spiro atoms. The van der Waals surface area contributed by atoms with Gasteiger partial charge in [-0.1, -0.05) is 19.8 Å². The van der Waals surface area contributed by atoms with Crippen LogP contribution in [0.25, 0.3) is 0 Å². The molecule has 1 fully saturated rings. The lowest BCUT2D eigenvalue weighted by molar-refractivity contribution is -0.130. The molecule has 13 heavy (non-hydrogen) atoms. The fourth-order valence-corrected chi connectivity index (χ4v) is 2.17. The molecule has 1 aliphatic rings. The van der Waals surface area contributed by atoms with E-state index in [0.717, 1.165) is 12.3 Å². The quantitative estimate of drug-likeness (QED) is 0.643. The predicted octanol–water partition coefficient (Wildman–Crippen LogP) is 2.29. The van der Waals surface area contributed by atoms with Gasteiger partial charge in [-0.15, -0.1) is 0 Å². The van der Waals surface area contributed by atoms with E-state index in [1.54, 1.807) is 4.90 Å². The van der Waals surface area contributed by atoms with Crippen LogP contribution in [0, 0.1) is 11.8 Å². The molecule has 2 atom stereocenters. The molecule has 0 N–H and O–H groups in total. The Labute approximate surface area is 81.3 Å². The number of carbonyl (C=O) groups excluding carboxylic acids is 1. The average Bonchev–Trinajstić information content (AvgIpc) is 2.04. The van der Waals surface area contributed by atoms with Crippen molar-refractivity contribution in [3.05, 3.63) is 0 Å². The molecule has 1 aliphatic carbocycles. The zero-order valence-electron chi connectivity index (χ0n) is 9.05. The van der Waals surface area contributed by atoms with Crippen molar-refractivity contribution in [1.82, 2.24) is 4.90 Å². The highest BCUT2D eigenvalue weighted by atomic mass is 16.2. The smallest absolute Gasteiger partial charge is 0.222 e. The highest BCUT2D eigenvalue weighted by Gasteiger charge is 2.21. The second kappa shape index (κ2) is 4.64. The van der Waals surface area contributed by atoms with E-state index in [-0.39, 0.29) is 0 Å². The van der Waals surface area contributed by atoms with Crippen LogP contribution in [0.2, 0.25) is 0 Å². The molecule has 2 unspecified atom stereocenters. The SMILES string of the molecule is CC1CCCC(CC(=O)N(C)C)C1. The molecular formula is C11H21NO. The summed E-state index contributed by atoms with van der Waals surface area (Å²) in [6, 6.07) is 0. The van der Waals surface area contributed by atoms with Gasteiger partial charge in [0.2, 0.25) is 5.91 Å². The van der Waals surface area contributed by atoms with E-state index in [4.69, 9.17) is 0 Å². The van der Waals surface area contributed by atoms with E-state index in [1.165, 1.54) is 25.7 Å². The lowest BCUT2D eigenvalue weighted by atomic mass is 9.81. The lowest BCUT2D eigenvalue weighted by Gasteiger charge is -2.27. The van der Waals surface area contributed by atoms with Gasteiger partial charge >= 0.3 is 0 Å². The number of nitrogens with zero attached hydrogens (tertiary/aromatic N) is 1. The van der Waals surface area contributed by atoms with Crippen LogP contribution in [0.1, 0.15) is 39.0 Å². The minimum Gasteiger partial charge on any atom is -0.349 e. The molecule has 0 aromatic carbocycles. The number of amides is 1. The summed E-state index contributed by atoms with van der Waals surface area (Å²) in [5, 5.41) is 0. The molecule has 0 radical (unpaired) electrons. The summed E-state index contributed by atoms with van der Waals surface area (Å²) in [6.07, 6.45) is 5.93. The largest absolute Gasteiger partial charge is 0.349 e. The van der Waals surface area contributed by atoms with Gasteiger partial charge in [-0.05, 0) is 24.7 Å². The first-order valence-corrected chi connectivity index (χ1v) is 5.29. The van der Waals surface area contributed by atoms with Gasteiger partial charge in [-0.2, -0.15) is 0 Å². The summed E-state index contributed by atoms with van der Waals surface area (Å²) in [5.41, 5.74) is 0. The van der Waals surface area contributed by atoms with Crippen molar-refractivity contribution in [3.63, 3.8) is 0 Å². The fraction of sp³-hybridized carbons (Fsp3) is 0.909. The van der Waals surface area contributed by atoms with Crippen LogP contribution in [0.4, 0.5) is 0 Å². The molecule has 1 saturated carbocycles. The molecule has 2 nitrogen and oxygen atoms in total. The summed E-state index contributed by atoms with van der Waals surface area (Å²) in [5.74, 6) is 1.77. The second-order valence-corrected chi connectivity index (χ2v) is 4.63. The molecule has 2 heteroatoms. The van der Waals surface area contributed by atoms with Crippen molar-refractivity contribution in [2.75, 3.05) is 14.1 Å². The molecular weight excluding hydrogens is 162 g/mol. The fourth-order valence-electron chi connectivity index (χ4n) is 2.17. The molecule has 0 heterocycles. The first kappa shape index (κ1) is 10.6. The van der Waals surface area contributed by atoms with E-state index in [9.17, 15) is 4.79 Å². The Kier molecular flexibility index (Phi) is 3.76. The number of hydrogen-bond donors (Lipinski definition) is 0. The van der Waals surface area contributed by atoms with Crippen LogP contribution in [0.5, 0.6) is 0 Å². The normalized spacial score (nSPS) is 28.5. The first-order valence-electron chi connectivity index (χ1n) is 5.29. The van der Waals surface area contributed by atoms with Crippen molar-refractivity contribution in [1.29, 1.82) is 0 Å². The van der Waals surface area contributed by atoms with Gasteiger partial charge in [-0.25, -0.2) is 0 Å². The maximum absolute atomic E-state index is 11.4. The van der Waals surface area contributed by atoms with E-state index in [0.29, 0.717) is 11.8 Å². The Hall–Kier alpha value is -0.530. The van der Waals surface area contributed by atoms with Crippen LogP contribution in [0.15, 0.2) is 0 Å². The average molecular weight is 183 g/mol. The van der Waals surface area contributed by atoms with E-state index < -0.39 is 0 Å². The first-order chi connectivity index (χ1) is 6.09. The molecule has 0 aliphatic heterocycles. The topological polar surface area (TPSA) is 20.3 Å². The number of rotatable bonds is 2. The molecule has 1 rings (SSSR count).